The van der Waals surface area contributed by atoms with Gasteiger partial charge in [-0.25, -0.2) is 18.5 Å². The quantitative estimate of drug-likeness (QED) is 0.751. The molecule has 0 saturated carbocycles. The van der Waals surface area contributed by atoms with Crippen molar-refractivity contribution in [2.45, 2.75) is 25.2 Å². The number of benzene rings is 1. The number of aromatic nitrogens is 2. The first-order valence-electron chi connectivity index (χ1n) is 7.87. The first-order chi connectivity index (χ1) is 11.4. The maximum Gasteiger partial charge on any atom is 0.238 e. The van der Waals surface area contributed by atoms with Crippen LogP contribution in [0.5, 0.6) is 0 Å². The fourth-order valence-corrected chi connectivity index (χ4v) is 2.80. The molecule has 0 aliphatic heterocycles. The van der Waals surface area contributed by atoms with E-state index in [0.29, 0.717) is 12.5 Å². The summed E-state index contributed by atoms with van der Waals surface area (Å²) in [6.45, 7) is 6.53. The zero-order valence-corrected chi connectivity index (χ0v) is 14.8. The summed E-state index contributed by atoms with van der Waals surface area (Å²) in [5, 5.41) is 8.35. The lowest BCUT2D eigenvalue weighted by Crippen LogP contribution is -2.24. The largest absolute Gasteiger partial charge is 0.370 e. The number of nitrogens with two attached hydrogens (primary N) is 1. The summed E-state index contributed by atoms with van der Waals surface area (Å²) in [6.07, 6.45) is 2.49. The van der Waals surface area contributed by atoms with Gasteiger partial charge in [0.05, 0.1) is 4.90 Å². The third kappa shape index (κ3) is 4.90. The summed E-state index contributed by atoms with van der Waals surface area (Å²) in [6, 6.07) is 8.41. The third-order valence-corrected chi connectivity index (χ3v) is 4.59. The van der Waals surface area contributed by atoms with Crippen molar-refractivity contribution in [3.05, 3.63) is 42.1 Å². The highest BCUT2D eigenvalue weighted by Crippen LogP contribution is 2.12. The zero-order chi connectivity index (χ0) is 17.6. The van der Waals surface area contributed by atoms with Crippen LogP contribution in [-0.2, 0) is 16.4 Å². The van der Waals surface area contributed by atoms with Gasteiger partial charge in [0.15, 0.2) is 0 Å². The van der Waals surface area contributed by atoms with Crippen molar-refractivity contribution in [2.75, 3.05) is 29.9 Å². The van der Waals surface area contributed by atoms with Crippen LogP contribution in [0, 0.1) is 0 Å². The molecular formula is C16H23N5O2S. The van der Waals surface area contributed by atoms with Crippen LogP contribution in [0.15, 0.2) is 41.4 Å². The van der Waals surface area contributed by atoms with E-state index in [9.17, 15) is 8.42 Å². The van der Waals surface area contributed by atoms with E-state index >= 15 is 0 Å². The average molecular weight is 349 g/mol. The number of sulfonamides is 1. The van der Waals surface area contributed by atoms with Gasteiger partial charge in [-0.1, -0.05) is 12.1 Å². The molecule has 130 valence electrons. The van der Waals surface area contributed by atoms with Crippen LogP contribution in [0.2, 0.25) is 0 Å². The molecule has 24 heavy (non-hydrogen) atoms. The summed E-state index contributed by atoms with van der Waals surface area (Å²) < 4.78 is 22.5. The maximum atomic E-state index is 11.2. The molecule has 3 N–H and O–H groups in total. The molecule has 0 atom stereocenters. The van der Waals surface area contributed by atoms with Crippen LogP contribution in [0.3, 0.4) is 0 Å². The Morgan fingerprint density at radius 3 is 2.38 bits per heavy atom. The molecule has 0 saturated heterocycles. The Balaban J connectivity index is 1.93. The summed E-state index contributed by atoms with van der Waals surface area (Å²) >= 11 is 0. The van der Waals surface area contributed by atoms with Crippen LogP contribution in [0.1, 0.15) is 19.4 Å². The van der Waals surface area contributed by atoms with Crippen LogP contribution < -0.4 is 15.4 Å². The summed E-state index contributed by atoms with van der Waals surface area (Å²) in [7, 11) is -3.64. The second kappa shape index (κ2) is 8.07. The lowest BCUT2D eigenvalue weighted by molar-refractivity contribution is 0.598. The second-order valence-corrected chi connectivity index (χ2v) is 6.84. The standard InChI is InChI=1S/C16H23N5O2S/c1-3-21(4-2)16-19-12-10-15(20-16)18-11-9-13-5-7-14(8-6-13)24(17,22)23/h5-8,10,12H,3-4,9,11H2,1-2H3,(H2,17,22,23)(H,18,19,20). The minimum Gasteiger partial charge on any atom is -0.370 e. The van der Waals surface area contributed by atoms with E-state index in [1.807, 2.05) is 6.07 Å². The van der Waals surface area contributed by atoms with E-state index in [-0.39, 0.29) is 4.90 Å². The highest BCUT2D eigenvalue weighted by atomic mass is 32.2. The van der Waals surface area contributed by atoms with Crippen molar-refractivity contribution >= 4 is 21.8 Å². The molecule has 0 bridgehead atoms. The molecular weight excluding hydrogens is 326 g/mol. The van der Waals surface area contributed by atoms with Gasteiger partial charge in [-0.2, -0.15) is 4.98 Å². The number of nitrogens with zero attached hydrogens (tertiary/aromatic N) is 3. The minimum absolute atomic E-state index is 0.124. The normalized spacial score (nSPS) is 11.3. The van der Waals surface area contributed by atoms with Gasteiger partial charge >= 0.3 is 0 Å². The van der Waals surface area contributed by atoms with Crippen molar-refractivity contribution in [3.63, 3.8) is 0 Å². The third-order valence-electron chi connectivity index (χ3n) is 3.66. The molecule has 1 aromatic carbocycles. The second-order valence-electron chi connectivity index (χ2n) is 5.28. The van der Waals surface area contributed by atoms with Crippen LogP contribution >= 0.6 is 0 Å². The van der Waals surface area contributed by atoms with Crippen LogP contribution in [0.4, 0.5) is 11.8 Å². The molecule has 0 radical (unpaired) electrons. The average Bonchev–Trinajstić information content (AvgIpc) is 2.56. The molecule has 0 unspecified atom stereocenters. The number of anilines is 2. The lowest BCUT2D eigenvalue weighted by atomic mass is 10.1. The number of rotatable bonds is 8. The van der Waals surface area contributed by atoms with Gasteiger partial charge in [0.1, 0.15) is 5.82 Å². The SMILES string of the molecule is CCN(CC)c1nccc(NCCc2ccc(S(N)(=O)=O)cc2)n1. The highest BCUT2D eigenvalue weighted by Gasteiger charge is 2.07. The van der Waals surface area contributed by atoms with Gasteiger partial charge < -0.3 is 10.2 Å². The van der Waals surface area contributed by atoms with Gasteiger partial charge in [0, 0.05) is 25.8 Å². The van der Waals surface area contributed by atoms with Gasteiger partial charge in [-0.05, 0) is 44.0 Å². The van der Waals surface area contributed by atoms with E-state index in [1.165, 1.54) is 12.1 Å². The number of primary sulfonamides is 1. The topological polar surface area (TPSA) is 101 Å². The molecule has 7 nitrogen and oxygen atoms in total. The van der Waals surface area contributed by atoms with E-state index < -0.39 is 10.0 Å². The van der Waals surface area contributed by atoms with Gasteiger partial charge in [0.2, 0.25) is 16.0 Å². The molecule has 0 aliphatic carbocycles. The fraction of sp³-hybridized carbons (Fsp3) is 0.375. The monoisotopic (exact) mass is 349 g/mol. The number of nitrogens with one attached hydrogen (secondary N) is 1. The molecule has 1 aromatic heterocycles. The van der Waals surface area contributed by atoms with Crippen LogP contribution in [0.25, 0.3) is 0 Å². The zero-order valence-electron chi connectivity index (χ0n) is 13.9. The van der Waals surface area contributed by atoms with Crippen molar-refractivity contribution in [1.82, 2.24) is 9.97 Å². The van der Waals surface area contributed by atoms with Crippen molar-refractivity contribution < 1.29 is 8.42 Å². The predicted molar refractivity (Wildman–Crippen MR) is 95.6 cm³/mol. The molecule has 0 aliphatic rings. The molecule has 0 amide bonds. The Bertz CT molecular complexity index is 758. The van der Waals surface area contributed by atoms with Crippen molar-refractivity contribution in [3.8, 4) is 0 Å². The molecule has 0 fully saturated rings. The lowest BCUT2D eigenvalue weighted by Gasteiger charge is -2.18. The number of hydrogen-bond acceptors (Lipinski definition) is 6. The van der Waals surface area contributed by atoms with Crippen LogP contribution in [-0.4, -0.2) is 38.0 Å². The number of hydrogen-bond donors (Lipinski definition) is 2. The minimum atomic E-state index is -3.64. The van der Waals surface area contributed by atoms with Gasteiger partial charge in [-0.3, -0.25) is 0 Å². The Hall–Kier alpha value is -2.19. The molecule has 2 rings (SSSR count). The van der Waals surface area contributed by atoms with E-state index in [1.54, 1.807) is 18.3 Å². The van der Waals surface area contributed by atoms with E-state index in [4.69, 9.17) is 5.14 Å². The van der Waals surface area contributed by atoms with E-state index in [2.05, 4.69) is 34.0 Å². The van der Waals surface area contributed by atoms with Gasteiger partial charge in [0.25, 0.3) is 0 Å². The molecule has 8 heteroatoms. The Labute approximate surface area is 143 Å². The fourth-order valence-electron chi connectivity index (χ4n) is 2.29. The first-order valence-corrected chi connectivity index (χ1v) is 9.42. The summed E-state index contributed by atoms with van der Waals surface area (Å²) in [5.41, 5.74) is 1.02. The Morgan fingerprint density at radius 1 is 1.12 bits per heavy atom. The van der Waals surface area contributed by atoms with Crippen molar-refractivity contribution in [2.24, 2.45) is 5.14 Å². The van der Waals surface area contributed by atoms with Crippen molar-refractivity contribution in [1.29, 1.82) is 0 Å². The highest BCUT2D eigenvalue weighted by molar-refractivity contribution is 7.89. The van der Waals surface area contributed by atoms with Gasteiger partial charge in [-0.15, -0.1) is 0 Å². The van der Waals surface area contributed by atoms with E-state index in [0.717, 1.165) is 30.9 Å². The summed E-state index contributed by atoms with van der Waals surface area (Å²) in [5.74, 6) is 1.48. The Kier molecular flexibility index (Phi) is 6.10. The molecule has 0 spiro atoms. The summed E-state index contributed by atoms with van der Waals surface area (Å²) in [4.78, 5) is 11.0. The smallest absolute Gasteiger partial charge is 0.238 e. The molecule has 2 aromatic rings. The predicted octanol–water partition coefficient (Wildman–Crippen LogP) is 1.62. The Morgan fingerprint density at radius 2 is 1.79 bits per heavy atom. The first kappa shape index (κ1) is 18.2. The maximum absolute atomic E-state index is 11.2. The molecule has 1 heterocycles.